The van der Waals surface area contributed by atoms with Crippen molar-refractivity contribution in [3.8, 4) is 0 Å². The Kier molecular flexibility index (Phi) is 8.89. The third kappa shape index (κ3) is 6.85. The molecule has 0 fully saturated rings. The second-order valence-corrected chi connectivity index (χ2v) is 5.92. The summed E-state index contributed by atoms with van der Waals surface area (Å²) in [6.07, 6.45) is 0. The highest BCUT2D eigenvalue weighted by Gasteiger charge is 2.14. The average molecular weight is 303 g/mol. The van der Waals surface area contributed by atoms with Gasteiger partial charge in [-0.15, -0.1) is 24.2 Å². The van der Waals surface area contributed by atoms with Crippen LogP contribution in [0.4, 0.5) is 0 Å². The van der Waals surface area contributed by atoms with Crippen LogP contribution in [0.25, 0.3) is 0 Å². The monoisotopic (exact) mass is 302 g/mol. The van der Waals surface area contributed by atoms with Crippen LogP contribution in [0.15, 0.2) is 29.2 Å². The van der Waals surface area contributed by atoms with Crippen LogP contribution in [0.3, 0.4) is 0 Å². The van der Waals surface area contributed by atoms with Crippen LogP contribution in [0.1, 0.15) is 19.4 Å². The van der Waals surface area contributed by atoms with Gasteiger partial charge in [0.15, 0.2) is 0 Å². The van der Waals surface area contributed by atoms with Gasteiger partial charge in [-0.2, -0.15) is 0 Å². The lowest BCUT2D eigenvalue weighted by atomic mass is 10.2. The Hall–Kier alpha value is -0.710. The molecule has 2 unspecified atom stereocenters. The molecule has 0 bridgehead atoms. The van der Waals surface area contributed by atoms with Gasteiger partial charge in [0.1, 0.15) is 0 Å². The topological polar surface area (TPSA) is 41.1 Å². The van der Waals surface area contributed by atoms with E-state index in [9.17, 15) is 4.79 Å². The predicted molar refractivity (Wildman–Crippen MR) is 85.3 cm³/mol. The summed E-state index contributed by atoms with van der Waals surface area (Å²) in [5.74, 6) is 0.0858. The Morgan fingerprint density at radius 3 is 2.37 bits per heavy atom. The van der Waals surface area contributed by atoms with Crippen molar-refractivity contribution in [2.75, 3.05) is 13.6 Å². The molecular formula is C14H23ClN2OS. The smallest absolute Gasteiger partial charge is 0.233 e. The molecule has 0 saturated heterocycles. The summed E-state index contributed by atoms with van der Waals surface area (Å²) in [6, 6.07) is 8.54. The number of nitrogens with one attached hydrogen (secondary N) is 2. The highest BCUT2D eigenvalue weighted by Crippen LogP contribution is 2.23. The van der Waals surface area contributed by atoms with Gasteiger partial charge < -0.3 is 10.6 Å². The second kappa shape index (κ2) is 9.23. The summed E-state index contributed by atoms with van der Waals surface area (Å²) in [5.41, 5.74) is 1.24. The summed E-state index contributed by atoms with van der Waals surface area (Å²) in [7, 11) is 1.89. The summed E-state index contributed by atoms with van der Waals surface area (Å²) in [5, 5.41) is 5.96. The lowest BCUT2D eigenvalue weighted by Gasteiger charge is -2.15. The van der Waals surface area contributed by atoms with Crippen molar-refractivity contribution in [2.24, 2.45) is 0 Å². The molecule has 0 heterocycles. The second-order valence-electron chi connectivity index (χ2n) is 4.51. The van der Waals surface area contributed by atoms with E-state index in [1.807, 2.05) is 20.9 Å². The van der Waals surface area contributed by atoms with Gasteiger partial charge >= 0.3 is 0 Å². The van der Waals surface area contributed by atoms with Gasteiger partial charge in [-0.25, -0.2) is 0 Å². The third-order valence-corrected chi connectivity index (χ3v) is 3.89. The van der Waals surface area contributed by atoms with Crippen LogP contribution < -0.4 is 10.6 Å². The number of likely N-dealkylation sites (N-methyl/N-ethyl adjacent to an activating group) is 1. The number of halogens is 1. The molecule has 1 amide bonds. The Bertz CT molecular complexity index is 384. The van der Waals surface area contributed by atoms with Crippen molar-refractivity contribution in [3.63, 3.8) is 0 Å². The number of carbonyl (C=O) groups excluding carboxylic acids is 1. The first kappa shape index (κ1) is 18.3. The normalized spacial score (nSPS) is 13.3. The fraction of sp³-hybridized carbons (Fsp3) is 0.500. The first-order valence-corrected chi connectivity index (χ1v) is 7.09. The average Bonchev–Trinajstić information content (AvgIpc) is 2.38. The van der Waals surface area contributed by atoms with Gasteiger partial charge in [0.25, 0.3) is 0 Å². The Morgan fingerprint density at radius 1 is 1.26 bits per heavy atom. The van der Waals surface area contributed by atoms with Gasteiger partial charge in [-0.3, -0.25) is 4.79 Å². The molecular weight excluding hydrogens is 280 g/mol. The molecule has 0 aromatic heterocycles. The standard InChI is InChI=1S/C14H22N2OS.ClH/c1-10-5-7-13(8-6-10)18-12(3)14(17)16-9-11(2)15-4;/h5-8,11-12,15H,9H2,1-4H3,(H,16,17);1H. The number of amides is 1. The zero-order chi connectivity index (χ0) is 13.5. The molecule has 0 aliphatic carbocycles. The predicted octanol–water partition coefficient (Wildman–Crippen LogP) is 2.62. The summed E-state index contributed by atoms with van der Waals surface area (Å²) in [4.78, 5) is 13.0. The van der Waals surface area contributed by atoms with E-state index >= 15 is 0 Å². The molecule has 2 N–H and O–H groups in total. The lowest BCUT2D eigenvalue weighted by Crippen LogP contribution is -2.40. The maximum Gasteiger partial charge on any atom is 0.233 e. The first-order chi connectivity index (χ1) is 8.52. The Labute approximate surface area is 126 Å². The largest absolute Gasteiger partial charge is 0.354 e. The van der Waals surface area contributed by atoms with Crippen LogP contribution in [0, 0.1) is 6.92 Å². The maximum atomic E-state index is 11.9. The van der Waals surface area contributed by atoms with Crippen LogP contribution >= 0.6 is 24.2 Å². The molecule has 108 valence electrons. The molecule has 0 saturated carbocycles. The van der Waals surface area contributed by atoms with Crippen LogP contribution in [0.5, 0.6) is 0 Å². The maximum absolute atomic E-state index is 11.9. The van der Waals surface area contributed by atoms with Gasteiger partial charge in [-0.05, 0) is 40.0 Å². The molecule has 0 aliphatic heterocycles. The molecule has 0 aliphatic rings. The number of rotatable bonds is 6. The van der Waals surface area contributed by atoms with Crippen molar-refractivity contribution in [1.82, 2.24) is 10.6 Å². The summed E-state index contributed by atoms with van der Waals surface area (Å²) < 4.78 is 0. The van der Waals surface area contributed by atoms with E-state index < -0.39 is 0 Å². The van der Waals surface area contributed by atoms with Crippen LogP contribution in [0.2, 0.25) is 0 Å². The fourth-order valence-electron chi connectivity index (χ4n) is 1.37. The molecule has 19 heavy (non-hydrogen) atoms. The van der Waals surface area contributed by atoms with Gasteiger partial charge in [0.05, 0.1) is 5.25 Å². The number of hydrogen-bond acceptors (Lipinski definition) is 3. The van der Waals surface area contributed by atoms with Gasteiger partial charge in [0.2, 0.25) is 5.91 Å². The van der Waals surface area contributed by atoms with Crippen molar-refractivity contribution in [1.29, 1.82) is 0 Å². The zero-order valence-corrected chi connectivity index (χ0v) is 13.5. The minimum absolute atomic E-state index is 0. The van der Waals surface area contributed by atoms with E-state index in [4.69, 9.17) is 0 Å². The Balaban J connectivity index is 0.00000324. The van der Waals surface area contributed by atoms with E-state index in [2.05, 4.69) is 41.8 Å². The molecule has 0 spiro atoms. The molecule has 1 aromatic carbocycles. The van der Waals surface area contributed by atoms with E-state index in [0.29, 0.717) is 12.6 Å². The van der Waals surface area contributed by atoms with E-state index in [-0.39, 0.29) is 23.6 Å². The summed E-state index contributed by atoms with van der Waals surface area (Å²) in [6.45, 7) is 6.69. The van der Waals surface area contributed by atoms with E-state index in [0.717, 1.165) is 4.90 Å². The number of hydrogen-bond donors (Lipinski definition) is 2. The first-order valence-electron chi connectivity index (χ1n) is 6.21. The SMILES string of the molecule is CNC(C)CNC(=O)C(C)Sc1ccc(C)cc1.Cl. The Morgan fingerprint density at radius 2 is 1.84 bits per heavy atom. The number of aryl methyl sites for hydroxylation is 1. The quantitative estimate of drug-likeness (QED) is 0.794. The molecule has 2 atom stereocenters. The molecule has 5 heteroatoms. The molecule has 1 rings (SSSR count). The molecule has 0 radical (unpaired) electrons. The van der Waals surface area contributed by atoms with E-state index in [1.54, 1.807) is 11.8 Å². The van der Waals surface area contributed by atoms with Crippen LogP contribution in [-0.4, -0.2) is 30.8 Å². The fourth-order valence-corrected chi connectivity index (χ4v) is 2.27. The minimum Gasteiger partial charge on any atom is -0.354 e. The zero-order valence-electron chi connectivity index (χ0n) is 11.9. The van der Waals surface area contributed by atoms with Crippen molar-refractivity contribution in [2.45, 2.75) is 37.0 Å². The van der Waals surface area contributed by atoms with E-state index in [1.165, 1.54) is 5.56 Å². The van der Waals surface area contributed by atoms with Crippen molar-refractivity contribution < 1.29 is 4.79 Å². The van der Waals surface area contributed by atoms with Crippen molar-refractivity contribution in [3.05, 3.63) is 29.8 Å². The lowest BCUT2D eigenvalue weighted by molar-refractivity contribution is -0.120. The number of benzene rings is 1. The van der Waals surface area contributed by atoms with Crippen molar-refractivity contribution >= 4 is 30.1 Å². The highest BCUT2D eigenvalue weighted by molar-refractivity contribution is 8.00. The molecule has 3 nitrogen and oxygen atoms in total. The molecule has 1 aromatic rings. The highest BCUT2D eigenvalue weighted by atomic mass is 35.5. The summed E-state index contributed by atoms with van der Waals surface area (Å²) >= 11 is 1.59. The van der Waals surface area contributed by atoms with Crippen LogP contribution in [-0.2, 0) is 4.79 Å². The van der Waals surface area contributed by atoms with Gasteiger partial charge in [0, 0.05) is 17.5 Å². The minimum atomic E-state index is -0.0724. The number of carbonyl (C=O) groups is 1. The van der Waals surface area contributed by atoms with Gasteiger partial charge in [-0.1, -0.05) is 17.7 Å². The number of thioether (sulfide) groups is 1. The third-order valence-electron chi connectivity index (χ3n) is 2.78.